The second-order valence-corrected chi connectivity index (χ2v) is 5.11. The lowest BCUT2D eigenvalue weighted by Gasteiger charge is -2.21. The van der Waals surface area contributed by atoms with E-state index in [1.807, 2.05) is 37.4 Å². The fourth-order valence-corrected chi connectivity index (χ4v) is 2.15. The highest BCUT2D eigenvalue weighted by Gasteiger charge is 2.10. The fraction of sp³-hybridized carbons (Fsp3) is 0.294. The number of likely N-dealkylation sites (N-methyl/N-ethyl adjacent to an activating group) is 1. The average Bonchev–Trinajstić information content (AvgIpc) is 2.42. The van der Waals surface area contributed by atoms with Crippen LogP contribution in [-0.2, 0) is 6.54 Å². The van der Waals surface area contributed by atoms with E-state index in [1.165, 1.54) is 11.1 Å². The van der Waals surface area contributed by atoms with Gasteiger partial charge in [-0.3, -0.25) is 4.90 Å². The molecule has 19 heavy (non-hydrogen) atoms. The first-order valence-electron chi connectivity index (χ1n) is 6.62. The molecule has 0 bridgehead atoms. The van der Waals surface area contributed by atoms with E-state index in [1.54, 1.807) is 0 Å². The molecule has 1 atom stereocenters. The third kappa shape index (κ3) is 4.19. The van der Waals surface area contributed by atoms with Crippen LogP contribution in [0.15, 0.2) is 54.6 Å². The lowest BCUT2D eigenvalue weighted by Crippen LogP contribution is -2.24. The Labute approximate surface area is 115 Å². The van der Waals surface area contributed by atoms with Crippen LogP contribution in [0.2, 0.25) is 0 Å². The first-order valence-corrected chi connectivity index (χ1v) is 6.62. The minimum atomic E-state index is -0.434. The van der Waals surface area contributed by atoms with Crippen LogP contribution in [0.25, 0.3) is 0 Å². The van der Waals surface area contributed by atoms with Gasteiger partial charge in [0.1, 0.15) is 0 Å². The molecule has 0 radical (unpaired) electrons. The Morgan fingerprint density at radius 3 is 2.26 bits per heavy atom. The molecule has 0 aliphatic rings. The number of aliphatic hydroxyl groups is 1. The molecule has 0 fully saturated rings. The molecule has 2 nitrogen and oxygen atoms in total. The largest absolute Gasteiger partial charge is 0.387 e. The van der Waals surface area contributed by atoms with E-state index in [-0.39, 0.29) is 0 Å². The van der Waals surface area contributed by atoms with Gasteiger partial charge in [-0.2, -0.15) is 0 Å². The van der Waals surface area contributed by atoms with Gasteiger partial charge in [-0.05, 0) is 25.1 Å². The number of hydrogen-bond acceptors (Lipinski definition) is 2. The minimum absolute atomic E-state index is 0.434. The van der Waals surface area contributed by atoms with Gasteiger partial charge in [-0.25, -0.2) is 0 Å². The molecule has 0 amide bonds. The molecule has 0 aliphatic carbocycles. The molecular formula is C17H21NO. The van der Waals surface area contributed by atoms with Crippen LogP contribution in [0.4, 0.5) is 0 Å². The van der Waals surface area contributed by atoms with Crippen molar-refractivity contribution in [2.24, 2.45) is 0 Å². The van der Waals surface area contributed by atoms with E-state index in [0.29, 0.717) is 6.54 Å². The Morgan fingerprint density at radius 1 is 1.00 bits per heavy atom. The standard InChI is InChI=1S/C17H21NO/c1-14-8-10-15(11-9-14)12-18(2)13-17(19)16-6-4-3-5-7-16/h3-11,17,19H,12-13H2,1-2H3. The van der Waals surface area contributed by atoms with Crippen LogP contribution in [0.1, 0.15) is 22.8 Å². The summed E-state index contributed by atoms with van der Waals surface area (Å²) in [5.41, 5.74) is 3.52. The summed E-state index contributed by atoms with van der Waals surface area (Å²) in [5, 5.41) is 10.2. The molecule has 2 aromatic rings. The molecular weight excluding hydrogens is 234 g/mol. The Balaban J connectivity index is 1.90. The van der Waals surface area contributed by atoms with Crippen LogP contribution < -0.4 is 0 Å². The van der Waals surface area contributed by atoms with E-state index in [9.17, 15) is 5.11 Å². The van der Waals surface area contributed by atoms with Gasteiger partial charge in [0.25, 0.3) is 0 Å². The fourth-order valence-electron chi connectivity index (χ4n) is 2.15. The van der Waals surface area contributed by atoms with Crippen LogP contribution in [0, 0.1) is 6.92 Å². The lowest BCUT2D eigenvalue weighted by molar-refractivity contribution is 0.124. The van der Waals surface area contributed by atoms with E-state index in [0.717, 1.165) is 12.1 Å². The predicted octanol–water partition coefficient (Wildman–Crippen LogP) is 3.16. The highest BCUT2D eigenvalue weighted by Crippen LogP contribution is 2.14. The Kier molecular flexibility index (Phi) is 4.72. The van der Waals surface area contributed by atoms with Gasteiger partial charge in [0.05, 0.1) is 6.10 Å². The number of hydrogen-bond donors (Lipinski definition) is 1. The van der Waals surface area contributed by atoms with Crippen LogP contribution >= 0.6 is 0 Å². The van der Waals surface area contributed by atoms with Gasteiger partial charge < -0.3 is 5.11 Å². The minimum Gasteiger partial charge on any atom is -0.387 e. The molecule has 0 saturated carbocycles. The smallest absolute Gasteiger partial charge is 0.0916 e. The third-order valence-electron chi connectivity index (χ3n) is 3.24. The molecule has 2 aromatic carbocycles. The zero-order chi connectivity index (χ0) is 13.7. The summed E-state index contributed by atoms with van der Waals surface area (Å²) in [5.74, 6) is 0. The van der Waals surface area contributed by atoms with Crippen molar-refractivity contribution in [1.82, 2.24) is 4.90 Å². The molecule has 0 aromatic heterocycles. The van der Waals surface area contributed by atoms with Gasteiger partial charge in [0.2, 0.25) is 0 Å². The number of aliphatic hydroxyl groups excluding tert-OH is 1. The highest BCUT2D eigenvalue weighted by molar-refractivity contribution is 5.21. The van der Waals surface area contributed by atoms with Crippen molar-refractivity contribution in [2.45, 2.75) is 19.6 Å². The molecule has 100 valence electrons. The predicted molar refractivity (Wildman–Crippen MR) is 78.9 cm³/mol. The van der Waals surface area contributed by atoms with Gasteiger partial charge >= 0.3 is 0 Å². The zero-order valence-electron chi connectivity index (χ0n) is 11.6. The van der Waals surface area contributed by atoms with Gasteiger partial charge in [0.15, 0.2) is 0 Å². The first kappa shape index (κ1) is 13.8. The first-order chi connectivity index (χ1) is 9.15. The Hall–Kier alpha value is -1.64. The summed E-state index contributed by atoms with van der Waals surface area (Å²) in [7, 11) is 2.03. The lowest BCUT2D eigenvalue weighted by atomic mass is 10.1. The topological polar surface area (TPSA) is 23.5 Å². The maximum absolute atomic E-state index is 10.2. The van der Waals surface area contributed by atoms with Crippen molar-refractivity contribution in [3.63, 3.8) is 0 Å². The second kappa shape index (κ2) is 6.50. The number of rotatable bonds is 5. The van der Waals surface area contributed by atoms with Crippen molar-refractivity contribution in [1.29, 1.82) is 0 Å². The second-order valence-electron chi connectivity index (χ2n) is 5.11. The summed E-state index contributed by atoms with van der Waals surface area (Å²) in [6.45, 7) is 3.58. The summed E-state index contributed by atoms with van der Waals surface area (Å²) in [6, 6.07) is 18.3. The molecule has 0 saturated heterocycles. The van der Waals surface area contributed by atoms with Crippen molar-refractivity contribution in [3.05, 3.63) is 71.3 Å². The van der Waals surface area contributed by atoms with Crippen molar-refractivity contribution >= 4 is 0 Å². The Morgan fingerprint density at radius 2 is 1.63 bits per heavy atom. The molecule has 1 unspecified atom stereocenters. The average molecular weight is 255 g/mol. The normalized spacial score (nSPS) is 12.6. The summed E-state index contributed by atoms with van der Waals surface area (Å²) in [4.78, 5) is 2.14. The quantitative estimate of drug-likeness (QED) is 0.887. The number of nitrogens with zero attached hydrogens (tertiary/aromatic N) is 1. The Bertz CT molecular complexity index is 492. The van der Waals surface area contributed by atoms with Crippen LogP contribution in [0.5, 0.6) is 0 Å². The zero-order valence-corrected chi connectivity index (χ0v) is 11.6. The monoisotopic (exact) mass is 255 g/mol. The summed E-state index contributed by atoms with van der Waals surface area (Å²) in [6.07, 6.45) is -0.434. The SMILES string of the molecule is Cc1ccc(CN(C)CC(O)c2ccccc2)cc1. The van der Waals surface area contributed by atoms with Crippen LogP contribution in [-0.4, -0.2) is 23.6 Å². The maximum Gasteiger partial charge on any atom is 0.0916 e. The van der Waals surface area contributed by atoms with Crippen molar-refractivity contribution in [2.75, 3.05) is 13.6 Å². The molecule has 1 N–H and O–H groups in total. The van der Waals surface area contributed by atoms with E-state index in [2.05, 4.69) is 36.1 Å². The van der Waals surface area contributed by atoms with E-state index in [4.69, 9.17) is 0 Å². The third-order valence-corrected chi connectivity index (χ3v) is 3.24. The molecule has 0 heterocycles. The van der Waals surface area contributed by atoms with Crippen molar-refractivity contribution < 1.29 is 5.11 Å². The van der Waals surface area contributed by atoms with Crippen molar-refractivity contribution in [3.8, 4) is 0 Å². The molecule has 2 heteroatoms. The van der Waals surface area contributed by atoms with Gasteiger partial charge in [-0.15, -0.1) is 0 Å². The number of aryl methyl sites for hydroxylation is 1. The summed E-state index contributed by atoms with van der Waals surface area (Å²) < 4.78 is 0. The van der Waals surface area contributed by atoms with Crippen LogP contribution in [0.3, 0.4) is 0 Å². The molecule has 0 spiro atoms. The highest BCUT2D eigenvalue weighted by atomic mass is 16.3. The van der Waals surface area contributed by atoms with E-state index >= 15 is 0 Å². The van der Waals surface area contributed by atoms with Gasteiger partial charge in [0, 0.05) is 13.1 Å². The maximum atomic E-state index is 10.2. The number of benzene rings is 2. The van der Waals surface area contributed by atoms with E-state index < -0.39 is 6.10 Å². The van der Waals surface area contributed by atoms with Gasteiger partial charge in [-0.1, -0.05) is 60.2 Å². The summed E-state index contributed by atoms with van der Waals surface area (Å²) >= 11 is 0. The molecule has 0 aliphatic heterocycles. The molecule has 2 rings (SSSR count).